The molecule has 7 heteroatoms. The number of hydrogen-bond acceptors (Lipinski definition) is 4. The molecule has 124 valence electrons. The van der Waals surface area contributed by atoms with Crippen LogP contribution in [0.25, 0.3) is 0 Å². The number of sulfonamides is 1. The SMILES string of the molecule is CC(=O)Nc1ccc(C)c(S(=O)(=O)N(C)Cc2sccc2C)c1. The molecule has 0 bridgehead atoms. The molecule has 0 aliphatic rings. The summed E-state index contributed by atoms with van der Waals surface area (Å²) >= 11 is 1.54. The van der Waals surface area contributed by atoms with E-state index in [4.69, 9.17) is 0 Å². The molecule has 0 saturated heterocycles. The summed E-state index contributed by atoms with van der Waals surface area (Å²) in [5.74, 6) is -0.236. The Morgan fingerprint density at radius 3 is 2.48 bits per heavy atom. The Morgan fingerprint density at radius 2 is 1.91 bits per heavy atom. The Morgan fingerprint density at radius 1 is 1.22 bits per heavy atom. The van der Waals surface area contributed by atoms with Gasteiger partial charge >= 0.3 is 0 Å². The van der Waals surface area contributed by atoms with Gasteiger partial charge in [0.1, 0.15) is 0 Å². The Bertz CT molecular complexity index is 826. The Balaban J connectivity index is 2.34. The quantitative estimate of drug-likeness (QED) is 0.899. The van der Waals surface area contributed by atoms with Crippen LogP contribution in [0.4, 0.5) is 5.69 Å². The second kappa shape index (κ2) is 6.82. The fraction of sp³-hybridized carbons (Fsp3) is 0.312. The normalized spacial score (nSPS) is 11.7. The molecule has 1 aromatic carbocycles. The first-order valence-electron chi connectivity index (χ1n) is 7.09. The summed E-state index contributed by atoms with van der Waals surface area (Å²) < 4.78 is 27.0. The third-order valence-corrected chi connectivity index (χ3v) is 6.48. The number of carbonyl (C=O) groups excluding carboxylic acids is 1. The summed E-state index contributed by atoms with van der Waals surface area (Å²) in [6.07, 6.45) is 0. The lowest BCUT2D eigenvalue weighted by atomic mass is 10.2. The van der Waals surface area contributed by atoms with Gasteiger partial charge in [-0.3, -0.25) is 4.79 Å². The summed E-state index contributed by atoms with van der Waals surface area (Å²) in [5.41, 5.74) is 2.21. The van der Waals surface area contributed by atoms with E-state index in [0.29, 0.717) is 17.8 Å². The Hall–Kier alpha value is -1.70. The van der Waals surface area contributed by atoms with Crippen LogP contribution in [0.1, 0.15) is 22.9 Å². The monoisotopic (exact) mass is 352 g/mol. The molecule has 1 N–H and O–H groups in total. The molecule has 0 aliphatic carbocycles. The maximum absolute atomic E-state index is 12.8. The second-order valence-electron chi connectivity index (χ2n) is 5.45. The molecule has 1 aromatic heterocycles. The highest BCUT2D eigenvalue weighted by Crippen LogP contribution is 2.26. The van der Waals surface area contributed by atoms with E-state index in [-0.39, 0.29) is 10.8 Å². The molecule has 0 saturated carbocycles. The van der Waals surface area contributed by atoms with Crippen LogP contribution in [0, 0.1) is 13.8 Å². The lowest BCUT2D eigenvalue weighted by Crippen LogP contribution is -2.27. The van der Waals surface area contributed by atoms with Crippen molar-refractivity contribution in [2.45, 2.75) is 32.2 Å². The number of thiophene rings is 1. The van der Waals surface area contributed by atoms with E-state index in [2.05, 4.69) is 5.32 Å². The molecule has 0 aliphatic heterocycles. The lowest BCUT2D eigenvalue weighted by Gasteiger charge is -2.19. The van der Waals surface area contributed by atoms with Crippen LogP contribution in [0.15, 0.2) is 34.5 Å². The summed E-state index contributed by atoms with van der Waals surface area (Å²) in [5, 5.41) is 4.57. The third-order valence-electron chi connectivity index (χ3n) is 3.53. The largest absolute Gasteiger partial charge is 0.326 e. The van der Waals surface area contributed by atoms with Gasteiger partial charge in [-0.1, -0.05) is 6.07 Å². The number of carbonyl (C=O) groups is 1. The van der Waals surface area contributed by atoms with Crippen molar-refractivity contribution in [2.24, 2.45) is 0 Å². The molecule has 5 nitrogen and oxygen atoms in total. The number of aryl methyl sites for hydroxylation is 2. The van der Waals surface area contributed by atoms with Gasteiger partial charge in [0.05, 0.1) is 4.90 Å². The lowest BCUT2D eigenvalue weighted by molar-refractivity contribution is -0.114. The highest BCUT2D eigenvalue weighted by molar-refractivity contribution is 7.89. The number of anilines is 1. The number of amides is 1. The maximum atomic E-state index is 12.8. The van der Waals surface area contributed by atoms with Gasteiger partial charge in [-0.05, 0) is 48.6 Å². The molecule has 1 heterocycles. The zero-order valence-corrected chi connectivity index (χ0v) is 15.2. The van der Waals surface area contributed by atoms with Gasteiger partial charge in [0.2, 0.25) is 15.9 Å². The number of rotatable bonds is 5. The van der Waals surface area contributed by atoms with Gasteiger partial charge in [-0.15, -0.1) is 11.3 Å². The van der Waals surface area contributed by atoms with E-state index < -0.39 is 10.0 Å². The average Bonchev–Trinajstić information content (AvgIpc) is 2.85. The number of nitrogens with one attached hydrogen (secondary N) is 1. The van der Waals surface area contributed by atoms with Crippen LogP contribution in [-0.2, 0) is 21.4 Å². The van der Waals surface area contributed by atoms with E-state index >= 15 is 0 Å². The Kier molecular flexibility index (Phi) is 5.23. The first kappa shape index (κ1) is 17.7. The minimum absolute atomic E-state index is 0.209. The maximum Gasteiger partial charge on any atom is 0.243 e. The van der Waals surface area contributed by atoms with Crippen molar-refractivity contribution in [1.29, 1.82) is 0 Å². The summed E-state index contributed by atoms with van der Waals surface area (Å²) in [6, 6.07) is 6.87. The molecule has 0 spiro atoms. The Labute approximate surface area is 141 Å². The molecular formula is C16H20N2O3S2. The van der Waals surface area contributed by atoms with Crippen molar-refractivity contribution in [3.05, 3.63) is 45.6 Å². The molecule has 1 amide bonds. The second-order valence-corrected chi connectivity index (χ2v) is 8.46. The molecular weight excluding hydrogens is 332 g/mol. The standard InChI is InChI=1S/C16H20N2O3S2/c1-11-7-8-22-15(11)10-18(4)23(20,21)16-9-14(17-13(3)19)6-5-12(16)2/h5-9H,10H2,1-4H3,(H,17,19). The van der Waals surface area contributed by atoms with Crippen molar-refractivity contribution in [1.82, 2.24) is 4.31 Å². The van der Waals surface area contributed by atoms with Gasteiger partial charge in [-0.25, -0.2) is 8.42 Å². The van der Waals surface area contributed by atoms with Gasteiger partial charge in [0.25, 0.3) is 0 Å². The molecule has 0 atom stereocenters. The van der Waals surface area contributed by atoms with Crippen LogP contribution >= 0.6 is 11.3 Å². The predicted molar refractivity (Wildman–Crippen MR) is 93.2 cm³/mol. The van der Waals surface area contributed by atoms with E-state index in [1.54, 1.807) is 37.4 Å². The van der Waals surface area contributed by atoms with Crippen molar-refractivity contribution in [3.8, 4) is 0 Å². The highest BCUT2D eigenvalue weighted by Gasteiger charge is 2.24. The van der Waals surface area contributed by atoms with Crippen molar-refractivity contribution < 1.29 is 13.2 Å². The molecule has 0 unspecified atom stereocenters. The van der Waals surface area contributed by atoms with E-state index in [0.717, 1.165) is 10.4 Å². The van der Waals surface area contributed by atoms with Crippen LogP contribution in [0.5, 0.6) is 0 Å². The zero-order valence-electron chi connectivity index (χ0n) is 13.6. The van der Waals surface area contributed by atoms with Crippen LogP contribution < -0.4 is 5.32 Å². The fourth-order valence-corrected chi connectivity index (χ4v) is 4.61. The molecule has 2 rings (SSSR count). The van der Waals surface area contributed by atoms with Gasteiger partial charge in [0, 0.05) is 31.1 Å². The molecule has 0 radical (unpaired) electrons. The number of hydrogen-bond donors (Lipinski definition) is 1. The van der Waals surface area contributed by atoms with Crippen LogP contribution in [0.3, 0.4) is 0 Å². The van der Waals surface area contributed by atoms with Crippen molar-refractivity contribution in [2.75, 3.05) is 12.4 Å². The minimum atomic E-state index is -3.63. The van der Waals surface area contributed by atoms with Crippen LogP contribution in [-0.4, -0.2) is 25.7 Å². The first-order valence-corrected chi connectivity index (χ1v) is 9.41. The third kappa shape index (κ3) is 3.99. The number of nitrogens with zero attached hydrogens (tertiary/aromatic N) is 1. The number of benzene rings is 1. The van der Waals surface area contributed by atoms with E-state index in [9.17, 15) is 13.2 Å². The smallest absolute Gasteiger partial charge is 0.243 e. The van der Waals surface area contributed by atoms with Crippen LogP contribution in [0.2, 0.25) is 0 Å². The topological polar surface area (TPSA) is 66.5 Å². The zero-order chi connectivity index (χ0) is 17.2. The minimum Gasteiger partial charge on any atom is -0.326 e. The predicted octanol–water partition coefficient (Wildman–Crippen LogP) is 3.14. The van der Waals surface area contributed by atoms with Crippen molar-refractivity contribution >= 4 is 33.0 Å². The van der Waals surface area contributed by atoms with Crippen molar-refractivity contribution in [3.63, 3.8) is 0 Å². The first-order chi connectivity index (χ1) is 10.7. The molecule has 0 fully saturated rings. The average molecular weight is 352 g/mol. The molecule has 2 aromatic rings. The van der Waals surface area contributed by atoms with Gasteiger partial charge in [0.15, 0.2) is 0 Å². The van der Waals surface area contributed by atoms with Gasteiger partial charge in [-0.2, -0.15) is 4.31 Å². The molecule has 23 heavy (non-hydrogen) atoms. The summed E-state index contributed by atoms with van der Waals surface area (Å²) in [6.45, 7) is 5.43. The summed E-state index contributed by atoms with van der Waals surface area (Å²) in [4.78, 5) is 12.4. The van der Waals surface area contributed by atoms with E-state index in [1.165, 1.54) is 17.3 Å². The summed E-state index contributed by atoms with van der Waals surface area (Å²) in [7, 11) is -2.06. The highest BCUT2D eigenvalue weighted by atomic mass is 32.2. The fourth-order valence-electron chi connectivity index (χ4n) is 2.18. The van der Waals surface area contributed by atoms with Gasteiger partial charge < -0.3 is 5.32 Å². The van der Waals surface area contributed by atoms with E-state index in [1.807, 2.05) is 18.4 Å².